The normalized spacial score (nSPS) is 17.6. The second-order valence-corrected chi connectivity index (χ2v) is 6.49. The van der Waals surface area contributed by atoms with Crippen molar-refractivity contribution in [2.75, 3.05) is 20.1 Å². The molecule has 1 aliphatic rings. The lowest BCUT2D eigenvalue weighted by molar-refractivity contribution is 0.0172. The molecule has 0 bridgehead atoms. The van der Waals surface area contributed by atoms with Crippen molar-refractivity contribution in [2.24, 2.45) is 0 Å². The molecular formula is C15H19Cl2NO2. The molecule has 0 atom stereocenters. The molecule has 1 N–H and O–H groups in total. The van der Waals surface area contributed by atoms with Gasteiger partial charge in [-0.05, 0) is 38.1 Å². The number of aliphatic hydroxyl groups is 1. The molecule has 3 nitrogen and oxygen atoms in total. The van der Waals surface area contributed by atoms with E-state index in [1.165, 1.54) is 0 Å². The summed E-state index contributed by atoms with van der Waals surface area (Å²) >= 11 is 11.9. The number of hydrogen-bond donors (Lipinski definition) is 1. The maximum atomic E-state index is 12.2. The predicted molar refractivity (Wildman–Crippen MR) is 81.7 cm³/mol. The molecule has 2 rings (SSSR count). The summed E-state index contributed by atoms with van der Waals surface area (Å²) in [7, 11) is 1.84. The molecule has 110 valence electrons. The Labute approximate surface area is 129 Å². The standard InChI is InChI=1S/C15H19Cl2NO2/c1-18(10-15(20)6-2-3-7-15)9-14(19)12-8-11(16)4-5-13(12)17/h4-5,8,20H,2-3,6-7,9-10H2,1H3. The first-order valence-corrected chi connectivity index (χ1v) is 7.54. The van der Waals surface area contributed by atoms with E-state index in [-0.39, 0.29) is 12.3 Å². The Kier molecular flexibility index (Phi) is 5.08. The Morgan fingerprint density at radius 3 is 2.65 bits per heavy atom. The van der Waals surface area contributed by atoms with Gasteiger partial charge in [-0.25, -0.2) is 0 Å². The highest BCUT2D eigenvalue weighted by atomic mass is 35.5. The Morgan fingerprint density at radius 1 is 1.35 bits per heavy atom. The predicted octanol–water partition coefficient (Wildman–Crippen LogP) is 3.41. The second-order valence-electron chi connectivity index (χ2n) is 5.65. The molecule has 1 saturated carbocycles. The van der Waals surface area contributed by atoms with Crippen LogP contribution in [0.5, 0.6) is 0 Å². The number of rotatable bonds is 5. The molecule has 0 heterocycles. The molecule has 20 heavy (non-hydrogen) atoms. The minimum Gasteiger partial charge on any atom is -0.389 e. The van der Waals surface area contributed by atoms with Gasteiger partial charge in [0.2, 0.25) is 0 Å². The van der Waals surface area contributed by atoms with E-state index in [9.17, 15) is 9.90 Å². The Morgan fingerprint density at radius 2 is 2.00 bits per heavy atom. The summed E-state index contributed by atoms with van der Waals surface area (Å²) in [6, 6.07) is 4.87. The first-order chi connectivity index (χ1) is 9.39. The van der Waals surface area contributed by atoms with Crippen LogP contribution in [-0.2, 0) is 0 Å². The third kappa shape index (κ3) is 3.95. The first-order valence-electron chi connectivity index (χ1n) is 6.79. The number of hydrogen-bond acceptors (Lipinski definition) is 3. The van der Waals surface area contributed by atoms with Gasteiger partial charge in [0.25, 0.3) is 0 Å². The van der Waals surface area contributed by atoms with Gasteiger partial charge < -0.3 is 5.11 Å². The van der Waals surface area contributed by atoms with Gasteiger partial charge in [-0.15, -0.1) is 0 Å². The topological polar surface area (TPSA) is 40.5 Å². The first kappa shape index (κ1) is 15.8. The van der Waals surface area contributed by atoms with Crippen LogP contribution in [0.3, 0.4) is 0 Å². The van der Waals surface area contributed by atoms with Crippen molar-refractivity contribution >= 4 is 29.0 Å². The number of carbonyl (C=O) groups excluding carboxylic acids is 1. The lowest BCUT2D eigenvalue weighted by atomic mass is 10.0. The van der Waals surface area contributed by atoms with Crippen molar-refractivity contribution in [1.29, 1.82) is 0 Å². The van der Waals surface area contributed by atoms with E-state index in [4.69, 9.17) is 23.2 Å². The van der Waals surface area contributed by atoms with Crippen LogP contribution in [0, 0.1) is 0 Å². The van der Waals surface area contributed by atoms with Crippen LogP contribution < -0.4 is 0 Å². The average Bonchev–Trinajstić information content (AvgIpc) is 2.78. The van der Waals surface area contributed by atoms with E-state index < -0.39 is 5.60 Å². The van der Waals surface area contributed by atoms with Crippen LogP contribution in [0.15, 0.2) is 18.2 Å². The van der Waals surface area contributed by atoms with Gasteiger partial charge in [0, 0.05) is 17.1 Å². The quantitative estimate of drug-likeness (QED) is 0.846. The summed E-state index contributed by atoms with van der Waals surface area (Å²) in [6.45, 7) is 0.735. The van der Waals surface area contributed by atoms with Gasteiger partial charge in [0.1, 0.15) is 0 Å². The van der Waals surface area contributed by atoms with Gasteiger partial charge in [-0.2, -0.15) is 0 Å². The maximum absolute atomic E-state index is 12.2. The van der Waals surface area contributed by atoms with Crippen molar-refractivity contribution in [3.05, 3.63) is 33.8 Å². The lowest BCUT2D eigenvalue weighted by Gasteiger charge is -2.28. The van der Waals surface area contributed by atoms with Gasteiger partial charge in [0.05, 0.1) is 17.2 Å². The van der Waals surface area contributed by atoms with E-state index in [0.717, 1.165) is 25.7 Å². The molecular weight excluding hydrogens is 297 g/mol. The van der Waals surface area contributed by atoms with Gasteiger partial charge in [-0.1, -0.05) is 36.0 Å². The smallest absolute Gasteiger partial charge is 0.178 e. The number of Topliss-reactive ketones (excluding diaryl/α,β-unsaturated/α-hetero) is 1. The van der Waals surface area contributed by atoms with Gasteiger partial charge in [0.15, 0.2) is 5.78 Å². The molecule has 0 amide bonds. The fourth-order valence-corrected chi connectivity index (χ4v) is 3.19. The molecule has 0 aromatic heterocycles. The van der Waals surface area contributed by atoms with E-state index in [1.54, 1.807) is 18.2 Å². The monoisotopic (exact) mass is 315 g/mol. The third-order valence-electron chi connectivity index (χ3n) is 3.74. The van der Waals surface area contributed by atoms with Gasteiger partial charge in [-0.3, -0.25) is 9.69 Å². The fourth-order valence-electron chi connectivity index (χ4n) is 2.79. The number of benzene rings is 1. The van der Waals surface area contributed by atoms with E-state index in [2.05, 4.69) is 0 Å². The SMILES string of the molecule is CN(CC(=O)c1cc(Cl)ccc1Cl)CC1(O)CCCC1. The van der Waals surface area contributed by atoms with Crippen LogP contribution in [0.2, 0.25) is 10.0 Å². The van der Waals surface area contributed by atoms with Crippen molar-refractivity contribution in [3.8, 4) is 0 Å². The summed E-state index contributed by atoms with van der Waals surface area (Å²) in [4.78, 5) is 14.1. The molecule has 1 aromatic carbocycles. The number of halogens is 2. The summed E-state index contributed by atoms with van der Waals surface area (Å²) in [5.41, 5.74) is -0.211. The summed E-state index contributed by atoms with van der Waals surface area (Å²) in [5, 5.41) is 11.2. The summed E-state index contributed by atoms with van der Waals surface area (Å²) in [6.07, 6.45) is 3.73. The van der Waals surface area contributed by atoms with Crippen molar-refractivity contribution in [2.45, 2.75) is 31.3 Å². The van der Waals surface area contributed by atoms with E-state index >= 15 is 0 Å². The summed E-state index contributed by atoms with van der Waals surface area (Å²) < 4.78 is 0. The number of carbonyl (C=O) groups is 1. The summed E-state index contributed by atoms with van der Waals surface area (Å²) in [5.74, 6) is -0.0819. The molecule has 0 unspecified atom stereocenters. The number of likely N-dealkylation sites (N-methyl/N-ethyl adjacent to an activating group) is 1. The highest BCUT2D eigenvalue weighted by Crippen LogP contribution is 2.30. The molecule has 5 heteroatoms. The molecule has 0 spiro atoms. The Bertz CT molecular complexity index is 499. The van der Waals surface area contributed by atoms with Crippen LogP contribution >= 0.6 is 23.2 Å². The molecule has 0 saturated heterocycles. The maximum Gasteiger partial charge on any atom is 0.178 e. The van der Waals surface area contributed by atoms with Crippen molar-refractivity contribution < 1.29 is 9.90 Å². The second kappa shape index (κ2) is 6.44. The van der Waals surface area contributed by atoms with Crippen molar-refractivity contribution in [1.82, 2.24) is 4.90 Å². The molecule has 1 fully saturated rings. The zero-order chi connectivity index (χ0) is 14.8. The van der Waals surface area contributed by atoms with Crippen LogP contribution in [0.25, 0.3) is 0 Å². The molecule has 1 aliphatic carbocycles. The van der Waals surface area contributed by atoms with E-state index in [1.807, 2.05) is 11.9 Å². The zero-order valence-corrected chi connectivity index (χ0v) is 13.0. The Balaban J connectivity index is 1.98. The van der Waals surface area contributed by atoms with Gasteiger partial charge >= 0.3 is 0 Å². The van der Waals surface area contributed by atoms with E-state index in [0.29, 0.717) is 22.2 Å². The highest BCUT2D eigenvalue weighted by molar-refractivity contribution is 6.36. The number of ketones is 1. The third-order valence-corrected chi connectivity index (χ3v) is 4.31. The molecule has 0 aliphatic heterocycles. The fraction of sp³-hybridized carbons (Fsp3) is 0.533. The van der Waals surface area contributed by atoms with Crippen LogP contribution in [0.4, 0.5) is 0 Å². The van der Waals surface area contributed by atoms with Crippen LogP contribution in [-0.4, -0.2) is 41.5 Å². The molecule has 1 aromatic rings. The highest BCUT2D eigenvalue weighted by Gasteiger charge is 2.32. The van der Waals surface area contributed by atoms with Crippen LogP contribution in [0.1, 0.15) is 36.0 Å². The Hall–Kier alpha value is -0.610. The number of nitrogens with zero attached hydrogens (tertiary/aromatic N) is 1. The zero-order valence-electron chi connectivity index (χ0n) is 11.5. The van der Waals surface area contributed by atoms with Crippen molar-refractivity contribution in [3.63, 3.8) is 0 Å². The molecule has 0 radical (unpaired) electrons. The minimum absolute atomic E-state index is 0.0819. The lowest BCUT2D eigenvalue weighted by Crippen LogP contribution is -2.41. The largest absolute Gasteiger partial charge is 0.389 e. The minimum atomic E-state index is -0.646. The average molecular weight is 316 g/mol.